The van der Waals surface area contributed by atoms with Crippen LogP contribution in [0.15, 0.2) is 35.0 Å². The molecule has 0 unspecified atom stereocenters. The fraction of sp³-hybridized carbons (Fsp3) is 0.476. The lowest BCUT2D eigenvalue weighted by Gasteiger charge is -2.34. The second-order valence-electron chi connectivity index (χ2n) is 7.28. The van der Waals surface area contributed by atoms with Gasteiger partial charge in [0.1, 0.15) is 5.82 Å². The highest BCUT2D eigenvalue weighted by Gasteiger charge is 2.15. The van der Waals surface area contributed by atoms with Gasteiger partial charge in [-0.05, 0) is 43.9 Å². The SMILES string of the molecule is Br.Br.Br.Br.NCCCN1CCN(CCCNc2nc3ccccc3c3cscc23)CC1. The number of nitrogens with zero attached hydrogens (tertiary/aromatic N) is 3. The molecule has 0 spiro atoms. The molecule has 3 N–H and O–H groups in total. The fourth-order valence-electron chi connectivity index (χ4n) is 3.86. The summed E-state index contributed by atoms with van der Waals surface area (Å²) in [5.41, 5.74) is 6.68. The highest BCUT2D eigenvalue weighted by atomic mass is 79.9. The molecule has 0 atom stereocenters. The molecule has 0 radical (unpaired) electrons. The molecule has 10 heteroatoms. The Balaban J connectivity index is 0.00000225. The largest absolute Gasteiger partial charge is 0.369 e. The van der Waals surface area contributed by atoms with Gasteiger partial charge in [-0.15, -0.1) is 67.9 Å². The number of benzene rings is 1. The number of hydrogen-bond acceptors (Lipinski definition) is 6. The Kier molecular flexibility index (Phi) is 16.0. The van der Waals surface area contributed by atoms with E-state index in [1.165, 1.54) is 42.3 Å². The van der Waals surface area contributed by atoms with Crippen molar-refractivity contribution >= 4 is 107 Å². The average molecular weight is 707 g/mol. The van der Waals surface area contributed by atoms with Gasteiger partial charge in [0.2, 0.25) is 0 Å². The lowest BCUT2D eigenvalue weighted by molar-refractivity contribution is 0.132. The third-order valence-electron chi connectivity index (χ3n) is 5.43. The molecule has 1 aliphatic rings. The fourth-order valence-corrected chi connectivity index (χ4v) is 4.70. The minimum atomic E-state index is 0. The molecule has 1 fully saturated rings. The second kappa shape index (κ2) is 15.9. The zero-order chi connectivity index (χ0) is 18.5. The van der Waals surface area contributed by atoms with Crippen LogP contribution in [-0.4, -0.2) is 67.1 Å². The maximum atomic E-state index is 5.61. The Morgan fingerprint density at radius 1 is 0.839 bits per heavy atom. The quantitative estimate of drug-likeness (QED) is 0.302. The van der Waals surface area contributed by atoms with E-state index in [1.54, 1.807) is 11.3 Å². The number of hydrogen-bond donors (Lipinski definition) is 2. The molecule has 176 valence electrons. The van der Waals surface area contributed by atoms with E-state index < -0.39 is 0 Å². The zero-order valence-electron chi connectivity index (χ0n) is 17.5. The standard InChI is InChI=1S/C21H29N5S.4BrH/c22-7-3-9-25-11-13-26(14-12-25)10-4-8-23-21-19-16-27-15-18(19)17-5-1-2-6-20(17)24-21;;;;/h1-2,5-6,15-16H,3-4,7-14,22H2,(H,23,24);4*1H. The Hall–Kier alpha value is 0.190. The van der Waals surface area contributed by atoms with E-state index in [2.05, 4.69) is 50.1 Å². The first kappa shape index (κ1) is 31.2. The summed E-state index contributed by atoms with van der Waals surface area (Å²) < 4.78 is 0. The molecule has 3 heterocycles. The van der Waals surface area contributed by atoms with Crippen molar-refractivity contribution in [3.8, 4) is 0 Å². The molecule has 0 bridgehead atoms. The molecule has 5 nitrogen and oxygen atoms in total. The van der Waals surface area contributed by atoms with Crippen molar-refractivity contribution in [2.24, 2.45) is 5.73 Å². The van der Waals surface area contributed by atoms with Gasteiger partial charge in [0, 0.05) is 54.3 Å². The summed E-state index contributed by atoms with van der Waals surface area (Å²) in [6.45, 7) is 8.76. The van der Waals surface area contributed by atoms with Crippen LogP contribution in [0, 0.1) is 0 Å². The van der Waals surface area contributed by atoms with Crippen LogP contribution >= 0.6 is 79.3 Å². The number of halogens is 4. The highest BCUT2D eigenvalue weighted by Crippen LogP contribution is 2.31. The number of pyridine rings is 1. The van der Waals surface area contributed by atoms with Crippen molar-refractivity contribution in [2.75, 3.05) is 57.7 Å². The molecular formula is C21H33Br4N5S. The van der Waals surface area contributed by atoms with E-state index in [1.807, 2.05) is 0 Å². The van der Waals surface area contributed by atoms with Gasteiger partial charge in [0.05, 0.1) is 5.52 Å². The molecule has 31 heavy (non-hydrogen) atoms. The number of aromatic nitrogens is 1. The van der Waals surface area contributed by atoms with Crippen molar-refractivity contribution in [3.05, 3.63) is 35.0 Å². The number of piperazine rings is 1. The lowest BCUT2D eigenvalue weighted by atomic mass is 10.1. The van der Waals surface area contributed by atoms with Crippen LogP contribution in [0.3, 0.4) is 0 Å². The van der Waals surface area contributed by atoms with Crippen LogP contribution < -0.4 is 11.1 Å². The molecule has 1 aromatic carbocycles. The predicted molar refractivity (Wildman–Crippen MR) is 158 cm³/mol. The first-order valence-electron chi connectivity index (χ1n) is 9.98. The van der Waals surface area contributed by atoms with E-state index in [9.17, 15) is 0 Å². The van der Waals surface area contributed by atoms with Gasteiger partial charge >= 0.3 is 0 Å². The summed E-state index contributed by atoms with van der Waals surface area (Å²) in [6, 6.07) is 8.41. The molecule has 0 aliphatic carbocycles. The molecule has 2 aromatic heterocycles. The van der Waals surface area contributed by atoms with Crippen molar-refractivity contribution < 1.29 is 0 Å². The second-order valence-corrected chi connectivity index (χ2v) is 8.03. The van der Waals surface area contributed by atoms with Crippen LogP contribution in [-0.2, 0) is 0 Å². The van der Waals surface area contributed by atoms with E-state index in [0.717, 1.165) is 50.4 Å². The molecule has 3 aromatic rings. The summed E-state index contributed by atoms with van der Waals surface area (Å²) in [6.07, 6.45) is 2.25. The van der Waals surface area contributed by atoms with Crippen LogP contribution in [0.5, 0.6) is 0 Å². The Morgan fingerprint density at radius 2 is 1.45 bits per heavy atom. The summed E-state index contributed by atoms with van der Waals surface area (Å²) in [7, 11) is 0. The number of fused-ring (bicyclic) bond motifs is 3. The molecule has 4 rings (SSSR count). The smallest absolute Gasteiger partial charge is 0.135 e. The third-order valence-corrected chi connectivity index (χ3v) is 6.17. The molecule has 1 saturated heterocycles. The van der Waals surface area contributed by atoms with Gasteiger partial charge in [-0.1, -0.05) is 18.2 Å². The predicted octanol–water partition coefficient (Wildman–Crippen LogP) is 5.53. The van der Waals surface area contributed by atoms with Gasteiger partial charge < -0.3 is 20.9 Å². The minimum Gasteiger partial charge on any atom is -0.369 e. The van der Waals surface area contributed by atoms with Crippen molar-refractivity contribution in [2.45, 2.75) is 12.8 Å². The van der Waals surface area contributed by atoms with E-state index in [0.29, 0.717) is 0 Å². The van der Waals surface area contributed by atoms with Gasteiger partial charge in [-0.25, -0.2) is 4.98 Å². The van der Waals surface area contributed by atoms with Crippen molar-refractivity contribution in [1.82, 2.24) is 14.8 Å². The topological polar surface area (TPSA) is 57.4 Å². The van der Waals surface area contributed by atoms with Gasteiger partial charge in [0.25, 0.3) is 0 Å². The Morgan fingerprint density at radius 3 is 2.13 bits per heavy atom. The van der Waals surface area contributed by atoms with Crippen LogP contribution in [0.25, 0.3) is 21.7 Å². The van der Waals surface area contributed by atoms with Crippen LogP contribution in [0.4, 0.5) is 5.82 Å². The number of para-hydroxylation sites is 1. The third kappa shape index (κ3) is 8.17. The first-order valence-corrected chi connectivity index (χ1v) is 10.9. The van der Waals surface area contributed by atoms with Gasteiger partial charge in [-0.3, -0.25) is 0 Å². The zero-order valence-corrected chi connectivity index (χ0v) is 25.2. The summed E-state index contributed by atoms with van der Waals surface area (Å²) in [4.78, 5) is 9.98. The number of nitrogens with two attached hydrogens (primary N) is 1. The monoisotopic (exact) mass is 703 g/mol. The minimum absolute atomic E-state index is 0. The van der Waals surface area contributed by atoms with Crippen molar-refractivity contribution in [3.63, 3.8) is 0 Å². The molecule has 0 amide bonds. The maximum absolute atomic E-state index is 5.61. The van der Waals surface area contributed by atoms with Gasteiger partial charge in [-0.2, -0.15) is 11.3 Å². The molecule has 0 saturated carbocycles. The summed E-state index contributed by atoms with van der Waals surface area (Å²) >= 11 is 1.75. The maximum Gasteiger partial charge on any atom is 0.135 e. The van der Waals surface area contributed by atoms with Crippen molar-refractivity contribution in [1.29, 1.82) is 0 Å². The number of rotatable bonds is 8. The summed E-state index contributed by atoms with van der Waals surface area (Å²) in [5, 5.41) is 11.8. The summed E-state index contributed by atoms with van der Waals surface area (Å²) in [5.74, 6) is 1.02. The normalized spacial score (nSPS) is 14.2. The molecular weight excluding hydrogens is 674 g/mol. The Bertz CT molecular complexity index is 886. The number of thiophene rings is 1. The average Bonchev–Trinajstić information content (AvgIpc) is 3.21. The number of anilines is 1. The first-order chi connectivity index (χ1) is 13.3. The number of nitrogens with one attached hydrogen (secondary N) is 1. The van der Waals surface area contributed by atoms with Crippen LogP contribution in [0.1, 0.15) is 12.8 Å². The van der Waals surface area contributed by atoms with E-state index in [4.69, 9.17) is 10.7 Å². The van der Waals surface area contributed by atoms with Crippen LogP contribution in [0.2, 0.25) is 0 Å². The lowest BCUT2D eigenvalue weighted by Crippen LogP contribution is -2.47. The Labute approximate surface area is 231 Å². The molecule has 1 aliphatic heterocycles. The van der Waals surface area contributed by atoms with Gasteiger partial charge in [0.15, 0.2) is 0 Å². The highest BCUT2D eigenvalue weighted by molar-refractivity contribution is 8.93. The van der Waals surface area contributed by atoms with E-state index >= 15 is 0 Å². The van der Waals surface area contributed by atoms with E-state index in [-0.39, 0.29) is 67.9 Å².